The SMILES string of the molecule is CC[NH+](CC)CCN(C(=O)c1cccc(F)c1)c1nc2c(F)cc(F)cc2s1. The van der Waals surface area contributed by atoms with Crippen LogP contribution < -0.4 is 9.80 Å². The smallest absolute Gasteiger partial charge is 0.260 e. The summed E-state index contributed by atoms with van der Waals surface area (Å²) in [4.78, 5) is 20.0. The average Bonchev–Trinajstić information content (AvgIpc) is 3.09. The van der Waals surface area contributed by atoms with Crippen LogP contribution in [-0.2, 0) is 0 Å². The van der Waals surface area contributed by atoms with Crippen molar-refractivity contribution >= 4 is 32.6 Å². The fourth-order valence-electron chi connectivity index (χ4n) is 3.00. The first-order valence-corrected chi connectivity index (χ1v) is 9.91. The van der Waals surface area contributed by atoms with Gasteiger partial charge in [-0.15, -0.1) is 0 Å². The summed E-state index contributed by atoms with van der Waals surface area (Å²) in [5.74, 6) is -2.41. The Labute approximate surface area is 165 Å². The second kappa shape index (κ2) is 8.70. The van der Waals surface area contributed by atoms with E-state index in [-0.39, 0.29) is 16.2 Å². The number of carbonyl (C=O) groups excluding carboxylic acids is 1. The molecule has 2 aromatic carbocycles. The van der Waals surface area contributed by atoms with Gasteiger partial charge in [-0.2, -0.15) is 0 Å². The van der Waals surface area contributed by atoms with Crippen LogP contribution >= 0.6 is 11.3 Å². The van der Waals surface area contributed by atoms with Crippen molar-refractivity contribution in [3.8, 4) is 0 Å². The lowest BCUT2D eigenvalue weighted by Crippen LogP contribution is -3.12. The lowest BCUT2D eigenvalue weighted by molar-refractivity contribution is -0.894. The number of carbonyl (C=O) groups is 1. The normalized spacial score (nSPS) is 11.4. The number of benzene rings is 2. The van der Waals surface area contributed by atoms with E-state index in [2.05, 4.69) is 4.98 Å². The van der Waals surface area contributed by atoms with Gasteiger partial charge in [0.1, 0.15) is 17.2 Å². The zero-order valence-corrected chi connectivity index (χ0v) is 16.5. The highest BCUT2D eigenvalue weighted by Crippen LogP contribution is 2.31. The van der Waals surface area contributed by atoms with Crippen molar-refractivity contribution < 1.29 is 22.9 Å². The van der Waals surface area contributed by atoms with Crippen LogP contribution in [0.2, 0.25) is 0 Å². The van der Waals surface area contributed by atoms with E-state index in [1.807, 2.05) is 13.8 Å². The van der Waals surface area contributed by atoms with Crippen LogP contribution in [0, 0.1) is 17.5 Å². The molecular weight excluding hydrogens is 387 g/mol. The fourth-order valence-corrected chi connectivity index (χ4v) is 4.03. The number of aromatic nitrogens is 1. The second-order valence-electron chi connectivity index (χ2n) is 6.41. The van der Waals surface area contributed by atoms with Gasteiger partial charge >= 0.3 is 0 Å². The number of nitrogens with one attached hydrogen (secondary N) is 1. The highest BCUT2D eigenvalue weighted by atomic mass is 32.1. The first kappa shape index (κ1) is 20.3. The summed E-state index contributed by atoms with van der Waals surface area (Å²) in [6, 6.07) is 7.37. The molecule has 0 saturated carbocycles. The summed E-state index contributed by atoms with van der Waals surface area (Å²) < 4.78 is 41.5. The molecule has 28 heavy (non-hydrogen) atoms. The van der Waals surface area contributed by atoms with Crippen LogP contribution in [0.15, 0.2) is 36.4 Å². The third-order valence-electron chi connectivity index (χ3n) is 4.64. The van der Waals surface area contributed by atoms with Crippen molar-refractivity contribution in [2.75, 3.05) is 31.1 Å². The number of nitrogens with zero attached hydrogens (tertiary/aromatic N) is 2. The van der Waals surface area contributed by atoms with Crippen LogP contribution in [0.4, 0.5) is 18.3 Å². The Morgan fingerprint density at radius 1 is 1.11 bits per heavy atom. The molecule has 1 N–H and O–H groups in total. The third kappa shape index (κ3) is 4.34. The van der Waals surface area contributed by atoms with Gasteiger partial charge in [0.25, 0.3) is 5.91 Å². The Hall–Kier alpha value is -2.45. The molecule has 8 heteroatoms. The van der Waals surface area contributed by atoms with Gasteiger partial charge in [-0.1, -0.05) is 17.4 Å². The molecule has 1 aromatic heterocycles. The zero-order chi connectivity index (χ0) is 20.3. The molecule has 0 aliphatic rings. The summed E-state index contributed by atoms with van der Waals surface area (Å²) in [7, 11) is 0. The average molecular weight is 408 g/mol. The predicted molar refractivity (Wildman–Crippen MR) is 105 cm³/mol. The molecule has 0 unspecified atom stereocenters. The van der Waals surface area contributed by atoms with Crippen LogP contribution in [0.3, 0.4) is 0 Å². The van der Waals surface area contributed by atoms with Crippen molar-refractivity contribution in [2.45, 2.75) is 13.8 Å². The van der Waals surface area contributed by atoms with Crippen LogP contribution in [-0.4, -0.2) is 37.1 Å². The quantitative estimate of drug-likeness (QED) is 0.652. The number of thiazole rings is 1. The maximum atomic E-state index is 14.1. The van der Waals surface area contributed by atoms with Gasteiger partial charge in [0.05, 0.1) is 30.9 Å². The van der Waals surface area contributed by atoms with E-state index in [1.54, 1.807) is 0 Å². The fraction of sp³-hybridized carbons (Fsp3) is 0.300. The molecule has 0 spiro atoms. The zero-order valence-electron chi connectivity index (χ0n) is 15.6. The van der Waals surface area contributed by atoms with Gasteiger partial charge < -0.3 is 4.90 Å². The van der Waals surface area contributed by atoms with Gasteiger partial charge in [-0.05, 0) is 38.1 Å². The van der Waals surface area contributed by atoms with Crippen molar-refractivity contribution in [1.82, 2.24) is 4.98 Å². The second-order valence-corrected chi connectivity index (χ2v) is 7.41. The number of hydrogen-bond acceptors (Lipinski definition) is 3. The van der Waals surface area contributed by atoms with Crippen LogP contribution in [0.1, 0.15) is 24.2 Å². The van der Waals surface area contributed by atoms with Crippen molar-refractivity contribution in [3.63, 3.8) is 0 Å². The number of amides is 1. The summed E-state index contributed by atoms with van der Waals surface area (Å²) in [5, 5.41) is 0.264. The molecule has 0 atom stereocenters. The first-order chi connectivity index (χ1) is 13.4. The standard InChI is InChI=1S/C20H20F3N3OS/c1-3-25(4-2)8-9-26(19(27)13-6-5-7-14(21)10-13)20-24-18-16(23)11-15(22)12-17(18)28-20/h5-7,10-12H,3-4,8-9H2,1-2H3/p+1. The summed E-state index contributed by atoms with van der Waals surface area (Å²) in [6.45, 7) is 6.86. The summed E-state index contributed by atoms with van der Waals surface area (Å²) in [5.41, 5.74) is 0.203. The highest BCUT2D eigenvalue weighted by molar-refractivity contribution is 7.22. The minimum Gasteiger partial charge on any atom is -0.334 e. The Kier molecular flexibility index (Phi) is 6.31. The Bertz CT molecular complexity index is 988. The number of fused-ring (bicyclic) bond motifs is 1. The molecule has 0 aliphatic heterocycles. The number of quaternary nitrogens is 1. The van der Waals surface area contributed by atoms with Crippen LogP contribution in [0.25, 0.3) is 10.2 Å². The summed E-state index contributed by atoms with van der Waals surface area (Å²) in [6.07, 6.45) is 0. The molecule has 1 heterocycles. The Morgan fingerprint density at radius 3 is 2.54 bits per heavy atom. The third-order valence-corrected chi connectivity index (χ3v) is 5.66. The molecular formula is C20H21F3N3OS+. The Morgan fingerprint density at radius 2 is 1.86 bits per heavy atom. The first-order valence-electron chi connectivity index (χ1n) is 9.09. The van der Waals surface area contributed by atoms with E-state index in [1.165, 1.54) is 34.1 Å². The van der Waals surface area contributed by atoms with Gasteiger partial charge in [-0.25, -0.2) is 18.2 Å². The van der Waals surface area contributed by atoms with Crippen molar-refractivity contribution in [2.24, 2.45) is 0 Å². The monoisotopic (exact) mass is 408 g/mol. The van der Waals surface area contributed by atoms with Gasteiger partial charge in [0.2, 0.25) is 0 Å². The molecule has 0 aliphatic carbocycles. The van der Waals surface area contributed by atoms with Crippen molar-refractivity contribution in [1.29, 1.82) is 0 Å². The van der Waals surface area contributed by atoms with Gasteiger partial charge in [0.15, 0.2) is 10.9 Å². The minimum absolute atomic E-state index is 0.0219. The molecule has 4 nitrogen and oxygen atoms in total. The number of anilines is 1. The molecule has 3 rings (SSSR count). The van der Waals surface area contributed by atoms with Crippen LogP contribution in [0.5, 0.6) is 0 Å². The lowest BCUT2D eigenvalue weighted by Gasteiger charge is -2.23. The van der Waals surface area contributed by atoms with Gasteiger partial charge in [-0.3, -0.25) is 9.69 Å². The lowest BCUT2D eigenvalue weighted by atomic mass is 10.2. The number of rotatable bonds is 7. The van der Waals surface area contributed by atoms with E-state index >= 15 is 0 Å². The van der Waals surface area contributed by atoms with E-state index in [9.17, 15) is 18.0 Å². The maximum absolute atomic E-state index is 14.1. The molecule has 0 fully saturated rings. The largest absolute Gasteiger partial charge is 0.334 e. The topological polar surface area (TPSA) is 37.6 Å². The summed E-state index contributed by atoms with van der Waals surface area (Å²) >= 11 is 1.04. The van der Waals surface area contributed by atoms with Crippen molar-refractivity contribution in [3.05, 3.63) is 59.4 Å². The molecule has 1 amide bonds. The molecule has 3 aromatic rings. The molecule has 0 bridgehead atoms. The number of likely N-dealkylation sites (N-methyl/N-ethyl adjacent to an activating group) is 1. The number of halogens is 3. The molecule has 0 radical (unpaired) electrons. The number of hydrogen-bond donors (Lipinski definition) is 1. The minimum atomic E-state index is -0.773. The Balaban J connectivity index is 2.00. The predicted octanol–water partition coefficient (Wildman–Crippen LogP) is 3.29. The molecule has 0 saturated heterocycles. The van der Waals surface area contributed by atoms with E-state index in [0.717, 1.165) is 36.6 Å². The van der Waals surface area contributed by atoms with E-state index in [0.29, 0.717) is 17.8 Å². The van der Waals surface area contributed by atoms with Gasteiger partial charge in [0, 0.05) is 11.6 Å². The molecule has 148 valence electrons. The highest BCUT2D eigenvalue weighted by Gasteiger charge is 2.24. The maximum Gasteiger partial charge on any atom is 0.260 e. The van der Waals surface area contributed by atoms with E-state index in [4.69, 9.17) is 0 Å². The van der Waals surface area contributed by atoms with E-state index < -0.39 is 23.4 Å².